The molecule has 0 aliphatic carbocycles. The van der Waals surface area contributed by atoms with E-state index in [2.05, 4.69) is 50.4 Å². The van der Waals surface area contributed by atoms with Gasteiger partial charge >= 0.3 is 0 Å². The van der Waals surface area contributed by atoms with Crippen LogP contribution in [0.4, 0.5) is 0 Å². The third-order valence-electron chi connectivity index (χ3n) is 5.82. The molecule has 1 aromatic carbocycles. The quantitative estimate of drug-likeness (QED) is 0.106. The molecule has 0 fully saturated rings. The van der Waals surface area contributed by atoms with Crippen molar-refractivity contribution >= 4 is 27.3 Å². The molecule has 0 unspecified atom stereocenters. The minimum atomic E-state index is -0.417. The summed E-state index contributed by atoms with van der Waals surface area (Å²) in [5, 5.41) is 14.2. The van der Waals surface area contributed by atoms with Gasteiger partial charge in [-0.05, 0) is 61.0 Å². The van der Waals surface area contributed by atoms with Gasteiger partial charge in [-0.2, -0.15) is 0 Å². The van der Waals surface area contributed by atoms with Crippen LogP contribution < -0.4 is 0 Å². The molecule has 1 radical (unpaired) electrons. The number of aromatic nitrogens is 4. The van der Waals surface area contributed by atoms with Crippen LogP contribution in [0.15, 0.2) is 48.5 Å². The van der Waals surface area contributed by atoms with E-state index in [1.54, 1.807) is 6.20 Å². The number of pyridine rings is 2. The second-order valence-electron chi connectivity index (χ2n) is 11.1. The van der Waals surface area contributed by atoms with Gasteiger partial charge < -0.3 is 20.1 Å². The smallest absolute Gasteiger partial charge is 0.164 e. The first-order valence-electron chi connectivity index (χ1n) is 12.0. The van der Waals surface area contributed by atoms with Crippen molar-refractivity contribution < 1.29 is 30.0 Å². The molecule has 7 heteroatoms. The van der Waals surface area contributed by atoms with E-state index in [0.717, 1.165) is 33.4 Å². The third-order valence-corrected chi connectivity index (χ3v) is 5.82. The largest absolute Gasteiger partial charge is 0.512 e. The Morgan fingerprint density at radius 3 is 2.11 bits per heavy atom. The summed E-state index contributed by atoms with van der Waals surface area (Å²) in [5.41, 5.74) is 2.97. The van der Waals surface area contributed by atoms with Gasteiger partial charge in [0, 0.05) is 65.8 Å². The van der Waals surface area contributed by atoms with Crippen molar-refractivity contribution in [2.75, 3.05) is 0 Å². The van der Waals surface area contributed by atoms with Crippen LogP contribution in [0.1, 0.15) is 58.8 Å². The van der Waals surface area contributed by atoms with Gasteiger partial charge in [-0.1, -0.05) is 65.4 Å². The molecule has 6 nitrogen and oxygen atoms in total. The number of aliphatic hydroxyl groups is 1. The van der Waals surface area contributed by atoms with Gasteiger partial charge in [-0.3, -0.25) is 9.78 Å². The molecule has 0 aliphatic heterocycles. The molecule has 3 aromatic heterocycles. The molecule has 37 heavy (non-hydrogen) atoms. The second-order valence-corrected chi connectivity index (χ2v) is 11.1. The van der Waals surface area contributed by atoms with Crippen LogP contribution in [0.5, 0.6) is 0 Å². The number of hydrogen-bond acceptors (Lipinski definition) is 6. The minimum absolute atomic E-state index is 0. The normalized spacial score (nSPS) is 12.1. The summed E-state index contributed by atoms with van der Waals surface area (Å²) in [4.78, 5) is 29.0. The van der Waals surface area contributed by atoms with E-state index >= 15 is 0 Å². The van der Waals surface area contributed by atoms with E-state index in [-0.39, 0.29) is 37.1 Å². The standard InChI is InChI=1S/C19H15N4.C11H20O2.Ir/c1-11-8-18-15(12(2)23-11)4-5-17-16(18)6-7-20-19(17)14-9-21-13(3)22-10-14;1-10(2,3)8(12)7-9(13)11(4,5)6;/h4-9H,1-3H3;7,12H,1-6H3;/q-1;;/b;8-7-;. The fourth-order valence-corrected chi connectivity index (χ4v) is 3.56. The first-order chi connectivity index (χ1) is 16.7. The SMILES string of the molecule is CC(C)(C)C(=O)/C=C(\O)C(C)(C)C.Cc1cc2c(ccc3c(-c4[c-]nc(C)nc4)nccc32)c(C)n1.[Ir]. The molecular formula is C30H35IrN4O2-. The van der Waals surface area contributed by atoms with E-state index in [0.29, 0.717) is 5.82 Å². The molecule has 4 aromatic rings. The van der Waals surface area contributed by atoms with Gasteiger partial charge in [-0.25, -0.2) is 0 Å². The molecule has 0 aliphatic rings. The number of carbonyl (C=O) groups excluding carboxylic acids is 1. The molecule has 1 N–H and O–H groups in total. The number of aryl methyl sites for hydroxylation is 3. The first kappa shape index (κ1) is 30.2. The van der Waals surface area contributed by atoms with Crippen LogP contribution in [-0.2, 0) is 24.9 Å². The summed E-state index contributed by atoms with van der Waals surface area (Å²) in [6, 6.07) is 8.39. The van der Waals surface area contributed by atoms with E-state index < -0.39 is 5.41 Å². The monoisotopic (exact) mass is 676 g/mol. The Kier molecular flexibility index (Phi) is 9.45. The molecule has 0 saturated carbocycles. The fraction of sp³-hybridized carbons (Fsp3) is 0.367. The first-order valence-corrected chi connectivity index (χ1v) is 12.0. The summed E-state index contributed by atoms with van der Waals surface area (Å²) < 4.78 is 0. The van der Waals surface area contributed by atoms with E-state index in [1.165, 1.54) is 16.8 Å². The molecule has 3 heterocycles. The zero-order valence-corrected chi connectivity index (χ0v) is 25.4. The Morgan fingerprint density at radius 2 is 1.54 bits per heavy atom. The summed E-state index contributed by atoms with van der Waals surface area (Å²) in [5.74, 6) is 0.809. The van der Waals surface area contributed by atoms with Crippen molar-refractivity contribution in [3.8, 4) is 11.3 Å². The number of ketones is 1. The number of nitrogens with zero attached hydrogens (tertiary/aromatic N) is 4. The molecule has 0 spiro atoms. The van der Waals surface area contributed by atoms with Crippen molar-refractivity contribution in [3.05, 3.63) is 71.9 Å². The van der Waals surface area contributed by atoms with Gasteiger partial charge in [0.25, 0.3) is 0 Å². The van der Waals surface area contributed by atoms with Gasteiger partial charge in [0.1, 0.15) is 5.76 Å². The molecule has 0 saturated heterocycles. The molecular weight excluding hydrogens is 641 g/mol. The van der Waals surface area contributed by atoms with Gasteiger partial charge in [0.05, 0.1) is 0 Å². The number of carbonyl (C=O) groups is 1. The van der Waals surface area contributed by atoms with E-state index in [1.807, 2.05) is 68.5 Å². The van der Waals surface area contributed by atoms with E-state index in [4.69, 9.17) is 0 Å². The second kappa shape index (κ2) is 11.6. The zero-order chi connectivity index (χ0) is 26.8. The summed E-state index contributed by atoms with van der Waals surface area (Å²) in [7, 11) is 0. The Hall–Kier alpha value is -3.02. The fourth-order valence-electron chi connectivity index (χ4n) is 3.56. The number of allylic oxidation sites excluding steroid dienone is 2. The number of fused-ring (bicyclic) bond motifs is 3. The van der Waals surface area contributed by atoms with Crippen LogP contribution in [0.3, 0.4) is 0 Å². The number of benzene rings is 1. The van der Waals surface area contributed by atoms with Crippen molar-refractivity contribution in [2.45, 2.75) is 62.3 Å². The predicted molar refractivity (Wildman–Crippen MR) is 146 cm³/mol. The molecule has 4 rings (SSSR count). The van der Waals surface area contributed by atoms with Crippen LogP contribution in [0.25, 0.3) is 32.8 Å². The van der Waals surface area contributed by atoms with Gasteiger partial charge in [-0.15, -0.1) is 0 Å². The maximum atomic E-state index is 11.5. The maximum Gasteiger partial charge on any atom is 0.164 e. The minimum Gasteiger partial charge on any atom is -0.512 e. The Morgan fingerprint density at radius 1 is 0.892 bits per heavy atom. The maximum absolute atomic E-state index is 11.5. The number of hydrogen-bond donors (Lipinski definition) is 1. The van der Waals surface area contributed by atoms with Crippen molar-refractivity contribution in [3.63, 3.8) is 0 Å². The van der Waals surface area contributed by atoms with Crippen LogP contribution in [-0.4, -0.2) is 30.8 Å². The average molecular weight is 676 g/mol. The molecule has 0 atom stereocenters. The van der Waals surface area contributed by atoms with Crippen molar-refractivity contribution in [1.29, 1.82) is 0 Å². The summed E-state index contributed by atoms with van der Waals surface area (Å²) >= 11 is 0. The number of aliphatic hydroxyl groups excluding tert-OH is 1. The van der Waals surface area contributed by atoms with Gasteiger partial charge in [0.2, 0.25) is 0 Å². The van der Waals surface area contributed by atoms with Crippen molar-refractivity contribution in [1.82, 2.24) is 19.9 Å². The van der Waals surface area contributed by atoms with E-state index in [9.17, 15) is 9.90 Å². The van der Waals surface area contributed by atoms with Crippen LogP contribution in [0.2, 0.25) is 0 Å². The third kappa shape index (κ3) is 7.27. The Labute approximate surface area is 233 Å². The average Bonchev–Trinajstić information content (AvgIpc) is 2.78. The Bertz CT molecular complexity index is 1450. The topological polar surface area (TPSA) is 88.9 Å². The van der Waals surface area contributed by atoms with Crippen LogP contribution >= 0.6 is 0 Å². The summed E-state index contributed by atoms with van der Waals surface area (Å²) in [6.07, 6.45) is 7.97. The van der Waals surface area contributed by atoms with Gasteiger partial charge in [0.15, 0.2) is 5.78 Å². The zero-order valence-electron chi connectivity index (χ0n) is 23.0. The van der Waals surface area contributed by atoms with Crippen LogP contribution in [0, 0.1) is 37.8 Å². The number of rotatable bonds is 2. The predicted octanol–water partition coefficient (Wildman–Crippen LogP) is 7.05. The van der Waals surface area contributed by atoms with Crippen molar-refractivity contribution in [2.24, 2.45) is 10.8 Å². The molecule has 0 amide bonds. The molecule has 0 bridgehead atoms. The summed E-state index contributed by atoms with van der Waals surface area (Å²) in [6.45, 7) is 17.0. The molecule has 197 valence electrons. The Balaban J connectivity index is 0.000000299.